The monoisotopic (exact) mass is 789 g/mol. The van der Waals surface area contributed by atoms with Crippen LogP contribution < -0.4 is 4.40 Å². The summed E-state index contributed by atoms with van der Waals surface area (Å²) in [6.45, 7) is 12.5. The second-order valence-electron chi connectivity index (χ2n) is 12.4. The molecule has 1 aromatic heterocycles. The van der Waals surface area contributed by atoms with Crippen LogP contribution in [0.2, 0.25) is 17.3 Å². The van der Waals surface area contributed by atoms with Crippen molar-refractivity contribution in [1.82, 2.24) is 4.98 Å². The normalized spacial score (nSPS) is 11.9. The summed E-state index contributed by atoms with van der Waals surface area (Å²) in [4.78, 5) is 15.7. The van der Waals surface area contributed by atoms with Gasteiger partial charge >= 0.3 is 190 Å². The molecule has 4 rings (SSSR count). The van der Waals surface area contributed by atoms with Crippen molar-refractivity contribution in [3.63, 3.8) is 0 Å². The third-order valence-electron chi connectivity index (χ3n) is 6.94. The van der Waals surface area contributed by atoms with Crippen LogP contribution in [-0.4, -0.2) is 29.1 Å². The summed E-state index contributed by atoms with van der Waals surface area (Å²) in [5, 5.41) is 10.0. The first kappa shape index (κ1) is 34.7. The average molecular weight is 788 g/mol. The Balaban J connectivity index is 0.000000511. The Labute approximate surface area is 263 Å². The van der Waals surface area contributed by atoms with E-state index < -0.39 is 13.3 Å². The quantitative estimate of drug-likeness (QED) is 0.0918. The van der Waals surface area contributed by atoms with E-state index in [0.29, 0.717) is 12.8 Å². The number of hydrogen-bond acceptors (Lipinski definition) is 3. The zero-order valence-electron chi connectivity index (χ0n) is 26.0. The van der Waals surface area contributed by atoms with Crippen LogP contribution in [-0.2, 0) is 30.3 Å². The van der Waals surface area contributed by atoms with Crippen molar-refractivity contribution in [3.8, 4) is 22.4 Å². The topological polar surface area (TPSA) is 50.2 Å². The van der Waals surface area contributed by atoms with Gasteiger partial charge in [0.25, 0.3) is 0 Å². The van der Waals surface area contributed by atoms with E-state index in [2.05, 4.69) is 118 Å². The van der Waals surface area contributed by atoms with Gasteiger partial charge in [0.2, 0.25) is 0 Å². The smallest absolute Gasteiger partial charge is 0 e. The summed E-state index contributed by atoms with van der Waals surface area (Å²) < 4.78 is 1.51. The maximum atomic E-state index is 10.5. The Morgan fingerprint density at radius 1 is 0.951 bits per heavy atom. The van der Waals surface area contributed by atoms with E-state index in [1.54, 1.807) is 13.8 Å². The van der Waals surface area contributed by atoms with Crippen molar-refractivity contribution in [2.45, 2.75) is 77.1 Å². The number of aliphatic hydroxyl groups excluding tert-OH is 1. The number of allylic oxidation sites excluding steroid dienone is 2. The molecule has 0 atom stereocenters. The Kier molecular flexibility index (Phi) is 12.3. The van der Waals surface area contributed by atoms with Crippen LogP contribution >= 0.6 is 0 Å². The molecule has 41 heavy (non-hydrogen) atoms. The maximum Gasteiger partial charge on any atom is 0 e. The van der Waals surface area contributed by atoms with Crippen molar-refractivity contribution in [2.75, 3.05) is 0 Å². The fourth-order valence-corrected chi connectivity index (χ4v) is 6.80. The first-order valence-electron chi connectivity index (χ1n) is 14.2. The third kappa shape index (κ3) is 9.49. The van der Waals surface area contributed by atoms with Crippen LogP contribution in [0, 0.1) is 13.0 Å². The van der Waals surface area contributed by atoms with Crippen LogP contribution in [0.4, 0.5) is 0 Å². The van der Waals surface area contributed by atoms with Gasteiger partial charge in [0.15, 0.2) is 5.78 Å². The second kappa shape index (κ2) is 14.6. The van der Waals surface area contributed by atoms with Crippen LogP contribution in [0.1, 0.15) is 58.6 Å². The van der Waals surface area contributed by atoms with Gasteiger partial charge in [-0.2, -0.15) is 0 Å². The van der Waals surface area contributed by atoms with Crippen LogP contribution in [0.5, 0.6) is 0 Å². The molecule has 3 nitrogen and oxygen atoms in total. The van der Waals surface area contributed by atoms with Crippen molar-refractivity contribution in [1.29, 1.82) is 0 Å². The first-order chi connectivity index (χ1) is 18.7. The number of ketones is 1. The SMILES string of the molecule is CCC(=O)/C=C(\O)CC.Cc1[c-]c(-c2cc(-c3ccccc3)c3c[c]([Ge]([CH3])([CH3])[CH3])ccc3n2)cc(C(C)(C)C)c1.[Ir]. The molecule has 3 aromatic carbocycles. The number of rotatable bonds is 6. The number of aryl methyl sites for hydroxylation is 1. The van der Waals surface area contributed by atoms with Gasteiger partial charge in [-0.05, 0) is 0 Å². The summed E-state index contributed by atoms with van der Waals surface area (Å²) >= 11 is -1.95. The van der Waals surface area contributed by atoms with E-state index in [1.165, 1.54) is 32.5 Å². The molecule has 0 spiro atoms. The van der Waals surface area contributed by atoms with E-state index in [-0.39, 0.29) is 37.1 Å². The van der Waals surface area contributed by atoms with Crippen LogP contribution in [0.25, 0.3) is 33.3 Å². The van der Waals surface area contributed by atoms with E-state index in [0.717, 1.165) is 22.3 Å². The number of nitrogens with zero attached hydrogens (tertiary/aromatic N) is 1. The summed E-state index contributed by atoms with van der Waals surface area (Å²) in [6.07, 6.45) is 2.27. The number of pyridine rings is 1. The minimum atomic E-state index is -1.95. The van der Waals surface area contributed by atoms with E-state index in [4.69, 9.17) is 10.1 Å². The molecule has 0 saturated heterocycles. The molecule has 1 radical (unpaired) electrons. The van der Waals surface area contributed by atoms with Crippen LogP contribution in [0.15, 0.2) is 78.6 Å². The molecule has 1 heterocycles. The van der Waals surface area contributed by atoms with E-state index in [1.807, 2.05) is 0 Å². The van der Waals surface area contributed by atoms with Crippen molar-refractivity contribution in [2.24, 2.45) is 0 Å². The molecule has 4 aromatic rings. The summed E-state index contributed by atoms with van der Waals surface area (Å²) in [5.41, 5.74) is 8.16. The Morgan fingerprint density at radius 3 is 2.17 bits per heavy atom. The number of carbonyl (C=O) groups is 1. The fourth-order valence-electron chi connectivity index (χ4n) is 4.36. The van der Waals surface area contributed by atoms with Crippen molar-refractivity contribution < 1.29 is 30.0 Å². The van der Waals surface area contributed by atoms with Gasteiger partial charge in [-0.25, -0.2) is 0 Å². The number of carbonyl (C=O) groups excluding carboxylic acids is 1. The summed E-state index contributed by atoms with van der Waals surface area (Å²) in [5.74, 6) is 7.49. The van der Waals surface area contributed by atoms with Gasteiger partial charge in [-0.15, -0.1) is 0 Å². The molecular weight excluding hydrogens is 743 g/mol. The number of hydrogen-bond donors (Lipinski definition) is 1. The molecule has 0 unspecified atom stereocenters. The van der Waals surface area contributed by atoms with Gasteiger partial charge in [0.1, 0.15) is 0 Å². The summed E-state index contributed by atoms with van der Waals surface area (Å²) in [7, 11) is 0. The van der Waals surface area contributed by atoms with E-state index >= 15 is 0 Å². The minimum absolute atomic E-state index is 0. The molecule has 0 amide bonds. The molecule has 0 bridgehead atoms. The summed E-state index contributed by atoms with van der Waals surface area (Å²) in [6, 6.07) is 27.9. The molecule has 0 aliphatic heterocycles. The second-order valence-corrected chi connectivity index (χ2v) is 23.1. The molecule has 1 N–H and O–H groups in total. The molecule has 0 aliphatic carbocycles. The van der Waals surface area contributed by atoms with Crippen molar-refractivity contribution >= 4 is 34.3 Å². The number of aliphatic hydroxyl groups is 1. The number of aromatic nitrogens is 1. The van der Waals surface area contributed by atoms with Gasteiger partial charge < -0.3 is 5.11 Å². The standard InChI is InChI=1S/C29H32GeN.C7H12O2.Ir/c1-20-15-22(17-23(16-20)29(2,3)4)28-19-25(21-11-9-8-10-12-21)26-18-24(30(5,6)7)13-14-27(26)31-28;1-3-6(8)5-7(9)4-2;/h8-14,16-19H,1-7H3;5,8H,3-4H2,1-2H3;/q-1;;/b;6-5-;. The Bertz CT molecular complexity index is 1510. The van der Waals surface area contributed by atoms with Gasteiger partial charge in [0.05, 0.1) is 5.76 Å². The minimum Gasteiger partial charge on any atom is 0 e. The predicted molar refractivity (Wildman–Crippen MR) is 174 cm³/mol. The maximum absolute atomic E-state index is 10.5. The predicted octanol–water partition coefficient (Wildman–Crippen LogP) is 9.34. The van der Waals surface area contributed by atoms with Gasteiger partial charge in [-0.1, -0.05) is 13.8 Å². The van der Waals surface area contributed by atoms with Gasteiger partial charge in [-0.3, -0.25) is 4.79 Å². The first-order valence-corrected chi connectivity index (χ1v) is 21.5. The number of fused-ring (bicyclic) bond motifs is 1. The zero-order chi connectivity index (χ0) is 29.7. The Morgan fingerprint density at radius 2 is 1.61 bits per heavy atom. The van der Waals surface area contributed by atoms with Gasteiger partial charge in [0, 0.05) is 39.0 Å². The molecule has 0 fully saturated rings. The van der Waals surface area contributed by atoms with Crippen molar-refractivity contribution in [3.05, 3.63) is 95.8 Å². The third-order valence-corrected chi connectivity index (χ3v) is 11.2. The van der Waals surface area contributed by atoms with E-state index in [9.17, 15) is 4.79 Å². The average Bonchev–Trinajstić information content (AvgIpc) is 2.91. The molecular formula is C36H44GeIrNO2-. The molecule has 5 heteroatoms. The molecule has 0 aliphatic rings. The molecule has 219 valence electrons. The zero-order valence-corrected chi connectivity index (χ0v) is 30.5. The molecule has 0 saturated carbocycles. The van der Waals surface area contributed by atoms with Crippen LogP contribution in [0.3, 0.4) is 0 Å². The number of benzene rings is 3. The largest absolute Gasteiger partial charge is 0 e. The Hall–Kier alpha value is -2.53. The fraction of sp³-hybridized carbons (Fsp3) is 0.333.